The molecule has 1 amide bonds. The fourth-order valence-electron chi connectivity index (χ4n) is 2.67. The molecule has 0 bridgehead atoms. The number of piperidine rings is 1. The second-order valence-corrected chi connectivity index (χ2v) is 8.46. The largest absolute Gasteiger partial charge is 0.326 e. The van der Waals surface area contributed by atoms with Crippen molar-refractivity contribution in [2.75, 3.05) is 24.2 Å². The minimum Gasteiger partial charge on any atom is -0.326 e. The third kappa shape index (κ3) is 4.91. The normalized spacial score (nSPS) is 17.0. The standard InChI is InChI=1S/C16H22ClFN2O3S/c1-2-3-10-24(22,23)20-8-6-12(7-9-20)16(21)19-13-4-5-15(18)14(17)11-13/h4-5,11-12H,2-3,6-10H2,1H3,(H,19,21). The molecule has 0 aromatic heterocycles. The molecule has 1 aliphatic heterocycles. The van der Waals surface area contributed by atoms with Crippen LogP contribution in [-0.2, 0) is 14.8 Å². The number of sulfonamides is 1. The molecule has 0 unspecified atom stereocenters. The van der Waals surface area contributed by atoms with E-state index in [2.05, 4.69) is 5.32 Å². The number of anilines is 1. The van der Waals surface area contributed by atoms with Gasteiger partial charge in [-0.2, -0.15) is 0 Å². The van der Waals surface area contributed by atoms with Crippen LogP contribution < -0.4 is 5.32 Å². The van der Waals surface area contributed by atoms with E-state index in [4.69, 9.17) is 11.6 Å². The molecular formula is C16H22ClFN2O3S. The van der Waals surface area contributed by atoms with E-state index in [1.165, 1.54) is 22.5 Å². The summed E-state index contributed by atoms with van der Waals surface area (Å²) >= 11 is 5.69. The first-order chi connectivity index (χ1) is 11.3. The Morgan fingerprint density at radius 1 is 1.38 bits per heavy atom. The van der Waals surface area contributed by atoms with E-state index >= 15 is 0 Å². The molecule has 1 heterocycles. The highest BCUT2D eigenvalue weighted by molar-refractivity contribution is 7.89. The zero-order valence-corrected chi connectivity index (χ0v) is 15.2. The number of hydrogen-bond donors (Lipinski definition) is 1. The van der Waals surface area contributed by atoms with E-state index in [0.29, 0.717) is 38.0 Å². The van der Waals surface area contributed by atoms with Gasteiger partial charge in [0.25, 0.3) is 0 Å². The number of nitrogens with one attached hydrogen (secondary N) is 1. The Morgan fingerprint density at radius 3 is 2.62 bits per heavy atom. The molecule has 1 N–H and O–H groups in total. The van der Waals surface area contributed by atoms with Gasteiger partial charge in [0.2, 0.25) is 15.9 Å². The van der Waals surface area contributed by atoms with E-state index < -0.39 is 15.8 Å². The van der Waals surface area contributed by atoms with E-state index in [1.54, 1.807) is 0 Å². The van der Waals surface area contributed by atoms with Gasteiger partial charge in [-0.1, -0.05) is 24.9 Å². The minimum absolute atomic E-state index is 0.0513. The molecule has 1 fully saturated rings. The van der Waals surface area contributed by atoms with Gasteiger partial charge in [-0.15, -0.1) is 0 Å². The highest BCUT2D eigenvalue weighted by atomic mass is 35.5. The molecule has 1 saturated heterocycles. The van der Waals surface area contributed by atoms with Gasteiger partial charge >= 0.3 is 0 Å². The molecule has 134 valence electrons. The van der Waals surface area contributed by atoms with Crippen LogP contribution >= 0.6 is 11.6 Å². The van der Waals surface area contributed by atoms with Crippen LogP contribution in [0.15, 0.2) is 18.2 Å². The molecule has 1 aromatic rings. The van der Waals surface area contributed by atoms with Crippen molar-refractivity contribution in [3.63, 3.8) is 0 Å². The first-order valence-corrected chi connectivity index (χ1v) is 10.1. The lowest BCUT2D eigenvalue weighted by Gasteiger charge is -2.30. The van der Waals surface area contributed by atoms with E-state index in [-0.39, 0.29) is 22.6 Å². The summed E-state index contributed by atoms with van der Waals surface area (Å²) in [6.45, 7) is 2.66. The van der Waals surface area contributed by atoms with E-state index in [1.807, 2.05) is 6.92 Å². The van der Waals surface area contributed by atoms with Crippen LogP contribution in [0.3, 0.4) is 0 Å². The van der Waals surface area contributed by atoms with Crippen LogP contribution in [0.1, 0.15) is 32.6 Å². The SMILES string of the molecule is CCCCS(=O)(=O)N1CCC(C(=O)Nc2ccc(F)c(Cl)c2)CC1. The minimum atomic E-state index is -3.22. The van der Waals surface area contributed by atoms with Crippen LogP contribution in [0.5, 0.6) is 0 Å². The van der Waals surface area contributed by atoms with Crippen molar-refractivity contribution in [1.82, 2.24) is 4.31 Å². The van der Waals surface area contributed by atoms with Crippen molar-refractivity contribution >= 4 is 33.2 Å². The Balaban J connectivity index is 1.89. The molecule has 1 aliphatic rings. The summed E-state index contributed by atoms with van der Waals surface area (Å²) in [4.78, 5) is 12.3. The second kappa shape index (κ2) is 8.27. The number of nitrogens with zero attached hydrogens (tertiary/aromatic N) is 1. The zero-order chi connectivity index (χ0) is 17.7. The van der Waals surface area contributed by atoms with Gasteiger partial charge in [0.15, 0.2) is 0 Å². The smallest absolute Gasteiger partial charge is 0.227 e. The lowest BCUT2D eigenvalue weighted by molar-refractivity contribution is -0.120. The van der Waals surface area contributed by atoms with Crippen LogP contribution in [0.4, 0.5) is 10.1 Å². The Morgan fingerprint density at radius 2 is 2.04 bits per heavy atom. The lowest BCUT2D eigenvalue weighted by Crippen LogP contribution is -2.42. The molecule has 2 rings (SSSR count). The summed E-state index contributed by atoms with van der Waals surface area (Å²) < 4.78 is 38.9. The molecule has 24 heavy (non-hydrogen) atoms. The Bertz CT molecular complexity index is 689. The maximum atomic E-state index is 13.1. The van der Waals surface area contributed by atoms with E-state index in [9.17, 15) is 17.6 Å². The fourth-order valence-corrected chi connectivity index (χ4v) is 4.53. The monoisotopic (exact) mass is 376 g/mol. The zero-order valence-electron chi connectivity index (χ0n) is 13.6. The van der Waals surface area contributed by atoms with Crippen LogP contribution in [0, 0.1) is 11.7 Å². The molecule has 8 heteroatoms. The summed E-state index contributed by atoms with van der Waals surface area (Å²) in [6, 6.07) is 4.00. The summed E-state index contributed by atoms with van der Waals surface area (Å²) in [5.74, 6) is -0.830. The molecule has 0 radical (unpaired) electrons. The third-order valence-corrected chi connectivity index (χ3v) is 6.41. The summed E-state index contributed by atoms with van der Waals surface area (Å²) in [6.07, 6.45) is 2.44. The number of benzene rings is 1. The average Bonchev–Trinajstić information content (AvgIpc) is 2.56. The van der Waals surface area contributed by atoms with Crippen molar-refractivity contribution in [3.8, 4) is 0 Å². The first-order valence-electron chi connectivity index (χ1n) is 8.07. The average molecular weight is 377 g/mol. The number of hydrogen-bond acceptors (Lipinski definition) is 3. The number of rotatable bonds is 6. The van der Waals surface area contributed by atoms with Crippen molar-refractivity contribution < 1.29 is 17.6 Å². The summed E-state index contributed by atoms with van der Waals surface area (Å²) in [5.41, 5.74) is 0.435. The Hall–Kier alpha value is -1.18. The predicted octanol–water partition coefficient (Wildman–Crippen LogP) is 3.26. The quantitative estimate of drug-likeness (QED) is 0.828. The molecular weight excluding hydrogens is 355 g/mol. The van der Waals surface area contributed by atoms with Gasteiger partial charge in [-0.05, 0) is 37.5 Å². The Kier molecular flexibility index (Phi) is 6.60. The maximum Gasteiger partial charge on any atom is 0.227 e. The maximum absolute atomic E-state index is 13.1. The fraction of sp³-hybridized carbons (Fsp3) is 0.562. The topological polar surface area (TPSA) is 66.5 Å². The van der Waals surface area contributed by atoms with Gasteiger partial charge < -0.3 is 5.32 Å². The van der Waals surface area contributed by atoms with E-state index in [0.717, 1.165) is 6.42 Å². The van der Waals surface area contributed by atoms with Crippen LogP contribution in [-0.4, -0.2) is 37.5 Å². The lowest BCUT2D eigenvalue weighted by atomic mass is 9.97. The van der Waals surface area contributed by atoms with Gasteiger partial charge in [-0.25, -0.2) is 17.1 Å². The molecule has 1 aromatic carbocycles. The number of unbranched alkanes of at least 4 members (excludes halogenated alkanes) is 1. The first kappa shape index (κ1) is 19.1. The van der Waals surface area contributed by atoms with Gasteiger partial charge in [-0.3, -0.25) is 4.79 Å². The van der Waals surface area contributed by atoms with Crippen molar-refractivity contribution in [2.24, 2.45) is 5.92 Å². The van der Waals surface area contributed by atoms with Crippen molar-refractivity contribution in [1.29, 1.82) is 0 Å². The van der Waals surface area contributed by atoms with Gasteiger partial charge in [0, 0.05) is 24.7 Å². The molecule has 0 saturated carbocycles. The molecule has 5 nitrogen and oxygen atoms in total. The van der Waals surface area contributed by atoms with Crippen molar-refractivity contribution in [2.45, 2.75) is 32.6 Å². The van der Waals surface area contributed by atoms with Crippen LogP contribution in [0.2, 0.25) is 5.02 Å². The predicted molar refractivity (Wildman–Crippen MR) is 93.0 cm³/mol. The summed E-state index contributed by atoms with van der Waals surface area (Å²) in [7, 11) is -3.22. The highest BCUT2D eigenvalue weighted by Gasteiger charge is 2.30. The second-order valence-electron chi connectivity index (χ2n) is 5.96. The number of halogens is 2. The molecule has 0 spiro atoms. The number of amides is 1. The summed E-state index contributed by atoms with van der Waals surface area (Å²) in [5, 5.41) is 2.66. The molecule has 0 aliphatic carbocycles. The number of carbonyl (C=O) groups excluding carboxylic acids is 1. The Labute approximate surface area is 147 Å². The van der Waals surface area contributed by atoms with Crippen LogP contribution in [0.25, 0.3) is 0 Å². The third-order valence-electron chi connectivity index (χ3n) is 4.16. The highest BCUT2D eigenvalue weighted by Crippen LogP contribution is 2.24. The van der Waals surface area contributed by atoms with Gasteiger partial charge in [0.05, 0.1) is 10.8 Å². The van der Waals surface area contributed by atoms with Gasteiger partial charge in [0.1, 0.15) is 5.82 Å². The molecule has 0 atom stereocenters. The van der Waals surface area contributed by atoms with Crippen molar-refractivity contribution in [3.05, 3.63) is 29.0 Å². The number of carbonyl (C=O) groups is 1.